The normalized spacial score (nSPS) is 15.2. The molecule has 0 fully saturated rings. The van der Waals surface area contributed by atoms with Gasteiger partial charge in [0.25, 0.3) is 0 Å². The van der Waals surface area contributed by atoms with Crippen LogP contribution in [-0.4, -0.2) is 31.0 Å². The molecular formula is C11H13BrClN3. The van der Waals surface area contributed by atoms with Crippen LogP contribution < -0.4 is 5.32 Å². The minimum Gasteiger partial charge on any atom is -0.352 e. The quantitative estimate of drug-likeness (QED) is 0.909. The lowest BCUT2D eigenvalue weighted by Crippen LogP contribution is -2.35. The number of nitrogens with one attached hydrogen (secondary N) is 1. The smallest absolute Gasteiger partial charge is 0.194 e. The highest BCUT2D eigenvalue weighted by molar-refractivity contribution is 9.10. The van der Waals surface area contributed by atoms with Gasteiger partial charge in [-0.25, -0.2) is 0 Å². The third-order valence-electron chi connectivity index (χ3n) is 2.43. The Morgan fingerprint density at radius 1 is 1.50 bits per heavy atom. The van der Waals surface area contributed by atoms with Crippen LogP contribution in [0.1, 0.15) is 5.56 Å². The molecule has 5 heteroatoms. The Hall–Kier alpha value is -0.740. The summed E-state index contributed by atoms with van der Waals surface area (Å²) in [6, 6.07) is 5.88. The van der Waals surface area contributed by atoms with Crippen molar-refractivity contribution >= 4 is 33.5 Å². The molecule has 86 valence electrons. The van der Waals surface area contributed by atoms with E-state index in [-0.39, 0.29) is 0 Å². The van der Waals surface area contributed by atoms with Crippen LogP contribution in [0.3, 0.4) is 0 Å². The van der Waals surface area contributed by atoms with Gasteiger partial charge in [-0.1, -0.05) is 27.5 Å². The number of rotatable bonds is 2. The molecule has 1 N–H and O–H groups in total. The molecule has 0 unspecified atom stereocenters. The lowest BCUT2D eigenvalue weighted by molar-refractivity contribution is 0.534. The van der Waals surface area contributed by atoms with Gasteiger partial charge in [-0.05, 0) is 23.8 Å². The van der Waals surface area contributed by atoms with E-state index in [1.165, 1.54) is 0 Å². The summed E-state index contributed by atoms with van der Waals surface area (Å²) in [5.41, 5.74) is 1.14. The summed E-state index contributed by atoms with van der Waals surface area (Å²) >= 11 is 9.40. The molecule has 2 rings (SSSR count). The Morgan fingerprint density at radius 3 is 2.94 bits per heavy atom. The fourth-order valence-electron chi connectivity index (χ4n) is 1.62. The lowest BCUT2D eigenvalue weighted by Gasteiger charge is -2.15. The van der Waals surface area contributed by atoms with E-state index in [4.69, 9.17) is 11.6 Å². The second-order valence-corrected chi connectivity index (χ2v) is 5.11. The Kier molecular flexibility index (Phi) is 3.71. The molecule has 3 nitrogen and oxygen atoms in total. The highest BCUT2D eigenvalue weighted by atomic mass is 79.9. The number of guanidine groups is 1. The first-order valence-corrected chi connectivity index (χ1v) is 6.26. The predicted molar refractivity (Wildman–Crippen MR) is 70.9 cm³/mol. The molecule has 1 aromatic carbocycles. The average Bonchev–Trinajstić information content (AvgIpc) is 2.59. The third kappa shape index (κ3) is 2.89. The van der Waals surface area contributed by atoms with Crippen LogP contribution in [0.5, 0.6) is 0 Å². The van der Waals surface area contributed by atoms with Gasteiger partial charge in [-0.15, -0.1) is 0 Å². The highest BCUT2D eigenvalue weighted by Crippen LogP contribution is 2.19. The largest absolute Gasteiger partial charge is 0.352 e. The van der Waals surface area contributed by atoms with Gasteiger partial charge in [-0.2, -0.15) is 0 Å². The summed E-state index contributed by atoms with van der Waals surface area (Å²) in [6.07, 6.45) is 0. The number of aliphatic imine (C=N–C) groups is 1. The SMILES string of the molecule is CN1CCN=C1NCc1cc(Cl)cc(Br)c1. The standard InChI is InChI=1S/C11H13BrClN3/c1-16-3-2-14-11(16)15-7-8-4-9(12)6-10(13)5-8/h4-6H,2-3,7H2,1H3,(H,14,15). The Morgan fingerprint density at radius 2 is 2.31 bits per heavy atom. The molecule has 0 spiro atoms. The van der Waals surface area contributed by atoms with E-state index in [2.05, 4.69) is 31.1 Å². The van der Waals surface area contributed by atoms with Gasteiger partial charge in [0.05, 0.1) is 6.54 Å². The Labute approximate surface area is 109 Å². The minimum atomic E-state index is 0.738. The molecule has 0 radical (unpaired) electrons. The molecule has 0 aliphatic carbocycles. The second kappa shape index (κ2) is 5.06. The zero-order chi connectivity index (χ0) is 11.5. The van der Waals surface area contributed by atoms with Crippen LogP contribution in [0.2, 0.25) is 5.02 Å². The van der Waals surface area contributed by atoms with Crippen LogP contribution >= 0.6 is 27.5 Å². The molecule has 0 amide bonds. The fraction of sp³-hybridized carbons (Fsp3) is 0.364. The maximum Gasteiger partial charge on any atom is 0.194 e. The maximum atomic E-state index is 5.98. The minimum absolute atomic E-state index is 0.738. The van der Waals surface area contributed by atoms with Crippen LogP contribution in [0, 0.1) is 0 Å². The third-order valence-corrected chi connectivity index (χ3v) is 3.11. The van der Waals surface area contributed by atoms with E-state index in [0.717, 1.165) is 40.7 Å². The number of likely N-dealkylation sites (N-methyl/N-ethyl adjacent to an activating group) is 1. The van der Waals surface area contributed by atoms with E-state index < -0.39 is 0 Å². The van der Waals surface area contributed by atoms with Crippen LogP contribution in [0.4, 0.5) is 0 Å². The maximum absolute atomic E-state index is 5.98. The van der Waals surface area contributed by atoms with Gasteiger partial charge < -0.3 is 10.2 Å². The van der Waals surface area contributed by atoms with Crippen molar-refractivity contribution in [1.29, 1.82) is 0 Å². The molecule has 16 heavy (non-hydrogen) atoms. The fourth-order valence-corrected chi connectivity index (χ4v) is 2.55. The first-order chi connectivity index (χ1) is 7.65. The summed E-state index contributed by atoms with van der Waals surface area (Å²) in [6.45, 7) is 2.60. The van der Waals surface area contributed by atoms with Gasteiger partial charge in [0.1, 0.15) is 0 Å². The molecule has 0 aromatic heterocycles. The van der Waals surface area contributed by atoms with Gasteiger partial charge in [0, 0.05) is 29.6 Å². The summed E-state index contributed by atoms with van der Waals surface area (Å²) in [5.74, 6) is 0.955. The molecule has 0 bridgehead atoms. The van der Waals surface area contributed by atoms with Gasteiger partial charge in [0.15, 0.2) is 5.96 Å². The summed E-state index contributed by atoms with van der Waals surface area (Å²) in [4.78, 5) is 6.47. The molecule has 0 saturated heterocycles. The van der Waals surface area contributed by atoms with E-state index in [1.54, 1.807) is 0 Å². The second-order valence-electron chi connectivity index (χ2n) is 3.76. The predicted octanol–water partition coefficient (Wildman–Crippen LogP) is 2.49. The van der Waals surface area contributed by atoms with Gasteiger partial charge in [-0.3, -0.25) is 4.99 Å². The number of hydrogen-bond donors (Lipinski definition) is 1. The average molecular weight is 303 g/mol. The van der Waals surface area contributed by atoms with Gasteiger partial charge >= 0.3 is 0 Å². The van der Waals surface area contributed by atoms with Crippen molar-refractivity contribution in [1.82, 2.24) is 10.2 Å². The molecular weight excluding hydrogens is 289 g/mol. The molecule has 1 aliphatic rings. The first kappa shape index (κ1) is 11.7. The molecule has 0 saturated carbocycles. The van der Waals surface area contributed by atoms with Crippen molar-refractivity contribution in [2.24, 2.45) is 4.99 Å². The summed E-state index contributed by atoms with van der Waals surface area (Å²) in [5, 5.41) is 4.04. The summed E-state index contributed by atoms with van der Waals surface area (Å²) in [7, 11) is 2.03. The highest BCUT2D eigenvalue weighted by Gasteiger charge is 2.11. The lowest BCUT2D eigenvalue weighted by atomic mass is 10.2. The van der Waals surface area contributed by atoms with Crippen LogP contribution in [0.25, 0.3) is 0 Å². The first-order valence-electron chi connectivity index (χ1n) is 5.09. The molecule has 0 atom stereocenters. The summed E-state index contributed by atoms with van der Waals surface area (Å²) < 4.78 is 0.999. The van der Waals surface area contributed by atoms with Crippen molar-refractivity contribution in [2.45, 2.75) is 6.54 Å². The van der Waals surface area contributed by atoms with Crippen molar-refractivity contribution in [3.63, 3.8) is 0 Å². The Bertz CT molecular complexity index is 399. The number of nitrogens with zero attached hydrogens (tertiary/aromatic N) is 2. The van der Waals surface area contributed by atoms with Crippen LogP contribution in [0.15, 0.2) is 27.7 Å². The van der Waals surface area contributed by atoms with Crippen molar-refractivity contribution in [3.8, 4) is 0 Å². The van der Waals surface area contributed by atoms with E-state index in [9.17, 15) is 0 Å². The van der Waals surface area contributed by atoms with E-state index >= 15 is 0 Å². The number of halogens is 2. The number of benzene rings is 1. The zero-order valence-corrected chi connectivity index (χ0v) is 11.3. The zero-order valence-electron chi connectivity index (χ0n) is 9.00. The van der Waals surface area contributed by atoms with Crippen LogP contribution in [-0.2, 0) is 6.54 Å². The topological polar surface area (TPSA) is 27.6 Å². The number of hydrogen-bond acceptors (Lipinski definition) is 3. The van der Waals surface area contributed by atoms with Crippen molar-refractivity contribution < 1.29 is 0 Å². The van der Waals surface area contributed by atoms with E-state index in [0.29, 0.717) is 0 Å². The van der Waals surface area contributed by atoms with Crippen molar-refractivity contribution in [2.75, 3.05) is 20.1 Å². The Balaban J connectivity index is 1.99. The monoisotopic (exact) mass is 301 g/mol. The van der Waals surface area contributed by atoms with Gasteiger partial charge in [0.2, 0.25) is 0 Å². The van der Waals surface area contributed by atoms with E-state index in [1.807, 2.05) is 25.2 Å². The molecule has 1 aromatic rings. The molecule has 1 aliphatic heterocycles. The van der Waals surface area contributed by atoms with Crippen molar-refractivity contribution in [3.05, 3.63) is 33.3 Å². The molecule has 1 heterocycles.